The molecule has 0 aromatic carbocycles. The molecule has 1 aliphatic rings. The third kappa shape index (κ3) is 2.95. The van der Waals surface area contributed by atoms with Gasteiger partial charge in [0, 0.05) is 24.8 Å². The Morgan fingerprint density at radius 1 is 1.36 bits per heavy atom. The second kappa shape index (κ2) is 6.17. The van der Waals surface area contributed by atoms with Gasteiger partial charge in [0.15, 0.2) is 5.82 Å². The summed E-state index contributed by atoms with van der Waals surface area (Å²) < 4.78 is 5.10. The van der Waals surface area contributed by atoms with Gasteiger partial charge in [-0.15, -0.1) is 0 Å². The molecule has 6 heteroatoms. The first-order chi connectivity index (χ1) is 10.6. The summed E-state index contributed by atoms with van der Waals surface area (Å²) in [5.74, 6) is 1.47. The van der Waals surface area contributed by atoms with E-state index < -0.39 is 0 Å². The normalized spacial score (nSPS) is 14.4. The van der Waals surface area contributed by atoms with Crippen molar-refractivity contribution < 1.29 is 9.32 Å². The number of carbonyl (C=O) groups is 1. The van der Waals surface area contributed by atoms with Crippen molar-refractivity contribution in [3.05, 3.63) is 35.3 Å². The van der Waals surface area contributed by atoms with Crippen molar-refractivity contribution in [1.82, 2.24) is 10.1 Å². The number of aromatic nitrogens is 2. The quantitative estimate of drug-likeness (QED) is 0.939. The Labute approximate surface area is 129 Å². The number of hydrogen-bond acceptors (Lipinski definition) is 5. The van der Waals surface area contributed by atoms with Crippen LogP contribution in [0.3, 0.4) is 0 Å². The fourth-order valence-electron chi connectivity index (χ4n) is 2.78. The third-order valence-corrected chi connectivity index (χ3v) is 3.98. The summed E-state index contributed by atoms with van der Waals surface area (Å²) in [6.07, 6.45) is 4.36. The van der Waals surface area contributed by atoms with E-state index in [0.717, 1.165) is 35.9 Å². The molecule has 0 spiro atoms. The Bertz CT molecular complexity index is 655. The summed E-state index contributed by atoms with van der Waals surface area (Å²) >= 11 is 0. The monoisotopic (exact) mass is 300 g/mol. The van der Waals surface area contributed by atoms with Gasteiger partial charge in [-0.05, 0) is 38.8 Å². The highest BCUT2D eigenvalue weighted by atomic mass is 16.5. The van der Waals surface area contributed by atoms with E-state index in [2.05, 4.69) is 20.4 Å². The molecule has 0 radical (unpaired) electrons. The van der Waals surface area contributed by atoms with E-state index in [1.165, 1.54) is 12.8 Å². The Kier molecular flexibility index (Phi) is 4.09. The average molecular weight is 300 g/mol. The van der Waals surface area contributed by atoms with Crippen LogP contribution in [-0.2, 0) is 11.2 Å². The van der Waals surface area contributed by atoms with Crippen LogP contribution in [0.15, 0.2) is 22.9 Å². The fourth-order valence-corrected chi connectivity index (χ4v) is 2.78. The van der Waals surface area contributed by atoms with Gasteiger partial charge in [0.05, 0.1) is 17.8 Å². The minimum atomic E-state index is -0.0807. The molecule has 0 atom stereocenters. The molecule has 0 aliphatic carbocycles. The van der Waals surface area contributed by atoms with E-state index in [4.69, 9.17) is 4.52 Å². The van der Waals surface area contributed by atoms with Crippen LogP contribution in [0.25, 0.3) is 0 Å². The zero-order chi connectivity index (χ0) is 15.5. The number of amides is 1. The van der Waals surface area contributed by atoms with Gasteiger partial charge < -0.3 is 14.7 Å². The summed E-state index contributed by atoms with van der Waals surface area (Å²) in [5.41, 5.74) is 2.38. The zero-order valence-corrected chi connectivity index (χ0v) is 12.9. The molecule has 0 saturated carbocycles. The van der Waals surface area contributed by atoms with Crippen molar-refractivity contribution in [2.24, 2.45) is 0 Å². The summed E-state index contributed by atoms with van der Waals surface area (Å²) in [4.78, 5) is 19.0. The zero-order valence-electron chi connectivity index (χ0n) is 12.9. The van der Waals surface area contributed by atoms with E-state index >= 15 is 0 Å². The molecule has 116 valence electrons. The summed E-state index contributed by atoms with van der Waals surface area (Å²) in [7, 11) is 0. The van der Waals surface area contributed by atoms with Gasteiger partial charge in [-0.1, -0.05) is 5.16 Å². The Hall–Kier alpha value is -2.37. The highest BCUT2D eigenvalue weighted by Gasteiger charge is 2.19. The largest absolute Gasteiger partial charge is 0.361 e. The molecular weight excluding hydrogens is 280 g/mol. The van der Waals surface area contributed by atoms with Crippen LogP contribution in [0.2, 0.25) is 0 Å². The molecule has 22 heavy (non-hydrogen) atoms. The SMILES string of the molecule is Cc1noc(C)c1CC(=O)Nc1cccnc1N1CCCC1. The molecule has 3 rings (SSSR count). The number of rotatable bonds is 4. The molecule has 1 amide bonds. The predicted molar refractivity (Wildman–Crippen MR) is 84.0 cm³/mol. The lowest BCUT2D eigenvalue weighted by Crippen LogP contribution is -2.23. The third-order valence-electron chi connectivity index (χ3n) is 3.98. The Balaban J connectivity index is 1.74. The van der Waals surface area contributed by atoms with Gasteiger partial charge in [-0.25, -0.2) is 4.98 Å². The smallest absolute Gasteiger partial charge is 0.229 e. The van der Waals surface area contributed by atoms with Crippen molar-refractivity contribution in [2.75, 3.05) is 23.3 Å². The van der Waals surface area contributed by atoms with Crippen LogP contribution in [-0.4, -0.2) is 29.1 Å². The molecule has 1 N–H and O–H groups in total. The van der Waals surface area contributed by atoms with Gasteiger partial charge in [-0.2, -0.15) is 0 Å². The number of nitrogens with one attached hydrogen (secondary N) is 1. The maximum Gasteiger partial charge on any atom is 0.229 e. The second-order valence-corrected chi connectivity index (χ2v) is 5.60. The molecule has 0 unspecified atom stereocenters. The lowest BCUT2D eigenvalue weighted by atomic mass is 10.1. The molecule has 3 heterocycles. The van der Waals surface area contributed by atoms with Crippen molar-refractivity contribution in [3.63, 3.8) is 0 Å². The van der Waals surface area contributed by atoms with Crippen LogP contribution < -0.4 is 10.2 Å². The van der Waals surface area contributed by atoms with E-state index in [-0.39, 0.29) is 12.3 Å². The van der Waals surface area contributed by atoms with Gasteiger partial charge in [0.25, 0.3) is 0 Å². The van der Waals surface area contributed by atoms with E-state index in [9.17, 15) is 4.79 Å². The Morgan fingerprint density at radius 3 is 2.82 bits per heavy atom. The lowest BCUT2D eigenvalue weighted by Gasteiger charge is -2.19. The minimum absolute atomic E-state index is 0.0807. The molecular formula is C16H20N4O2. The summed E-state index contributed by atoms with van der Waals surface area (Å²) in [6.45, 7) is 5.65. The minimum Gasteiger partial charge on any atom is -0.361 e. The topological polar surface area (TPSA) is 71.3 Å². The van der Waals surface area contributed by atoms with Crippen LogP contribution in [0.5, 0.6) is 0 Å². The maximum atomic E-state index is 12.3. The van der Waals surface area contributed by atoms with E-state index in [1.807, 2.05) is 26.0 Å². The van der Waals surface area contributed by atoms with E-state index in [1.54, 1.807) is 6.20 Å². The first kappa shape index (κ1) is 14.6. The predicted octanol–water partition coefficient (Wildman–Crippen LogP) is 2.47. The lowest BCUT2D eigenvalue weighted by molar-refractivity contribution is -0.115. The van der Waals surface area contributed by atoms with Gasteiger partial charge in [0.1, 0.15) is 5.76 Å². The van der Waals surface area contributed by atoms with Crippen LogP contribution in [0, 0.1) is 13.8 Å². The van der Waals surface area contributed by atoms with Gasteiger partial charge >= 0.3 is 0 Å². The number of aryl methyl sites for hydroxylation is 2. The molecule has 1 fully saturated rings. The number of pyridine rings is 1. The first-order valence-corrected chi connectivity index (χ1v) is 7.56. The molecule has 0 bridgehead atoms. The molecule has 6 nitrogen and oxygen atoms in total. The number of carbonyl (C=O) groups excluding carboxylic acids is 1. The summed E-state index contributed by atoms with van der Waals surface area (Å²) in [6, 6.07) is 3.73. The van der Waals surface area contributed by atoms with Crippen molar-refractivity contribution >= 4 is 17.4 Å². The molecule has 1 saturated heterocycles. The Morgan fingerprint density at radius 2 is 2.14 bits per heavy atom. The van der Waals surface area contributed by atoms with Crippen molar-refractivity contribution in [3.8, 4) is 0 Å². The van der Waals surface area contributed by atoms with Crippen LogP contribution in [0.4, 0.5) is 11.5 Å². The van der Waals surface area contributed by atoms with Crippen molar-refractivity contribution in [2.45, 2.75) is 33.1 Å². The number of hydrogen-bond donors (Lipinski definition) is 1. The second-order valence-electron chi connectivity index (χ2n) is 5.60. The molecule has 2 aromatic heterocycles. The fraction of sp³-hybridized carbons (Fsp3) is 0.438. The average Bonchev–Trinajstić information content (AvgIpc) is 3.13. The highest BCUT2D eigenvalue weighted by Crippen LogP contribution is 2.26. The number of anilines is 2. The summed E-state index contributed by atoms with van der Waals surface area (Å²) in [5, 5.41) is 6.85. The molecule has 1 aliphatic heterocycles. The standard InChI is InChI=1S/C16H20N4O2/c1-11-13(12(2)22-19-11)10-15(21)18-14-6-5-7-17-16(14)20-8-3-4-9-20/h5-7H,3-4,8-10H2,1-2H3,(H,18,21). The maximum absolute atomic E-state index is 12.3. The van der Waals surface area contributed by atoms with Crippen LogP contribution in [0.1, 0.15) is 29.9 Å². The highest BCUT2D eigenvalue weighted by molar-refractivity contribution is 5.95. The molecule has 2 aromatic rings. The van der Waals surface area contributed by atoms with Gasteiger partial charge in [0.2, 0.25) is 5.91 Å². The van der Waals surface area contributed by atoms with E-state index in [0.29, 0.717) is 5.76 Å². The number of nitrogens with zero attached hydrogens (tertiary/aromatic N) is 3. The first-order valence-electron chi connectivity index (χ1n) is 7.56. The van der Waals surface area contributed by atoms with Crippen molar-refractivity contribution in [1.29, 1.82) is 0 Å². The van der Waals surface area contributed by atoms with Crippen LogP contribution >= 0.6 is 0 Å². The van der Waals surface area contributed by atoms with Gasteiger partial charge in [-0.3, -0.25) is 4.79 Å².